The predicted molar refractivity (Wildman–Crippen MR) is 72.5 cm³/mol. The van der Waals surface area contributed by atoms with E-state index < -0.39 is 11.0 Å². The summed E-state index contributed by atoms with van der Waals surface area (Å²) in [5, 5.41) is 22.9. The molecule has 1 atom stereocenters. The molecule has 1 N–H and O–H groups in total. The van der Waals surface area contributed by atoms with E-state index in [1.54, 1.807) is 24.5 Å². The van der Waals surface area contributed by atoms with E-state index >= 15 is 0 Å². The summed E-state index contributed by atoms with van der Waals surface area (Å²) in [6.45, 7) is 0.526. The number of benzene rings is 1. The molecule has 0 saturated carbocycles. The Hall–Kier alpha value is -2.78. The fraction of sp³-hybridized carbons (Fsp3) is 0.143. The topological polar surface area (TPSA) is 91.8 Å². The maximum absolute atomic E-state index is 10.6. The molecule has 1 unspecified atom stereocenters. The highest BCUT2D eigenvalue weighted by Gasteiger charge is 2.12. The third-order valence-electron chi connectivity index (χ3n) is 2.83. The Bertz CT molecular complexity index is 620. The standard InChI is InChI=1S/C14H12N4O2/c15-9-14(17-10-11-5-7-16-8-6-11)12-1-3-13(4-2-12)18(19)20/h1-8,14,17H,10H2. The van der Waals surface area contributed by atoms with E-state index in [1.807, 2.05) is 12.1 Å². The number of nitrogens with one attached hydrogen (secondary N) is 1. The maximum atomic E-state index is 10.6. The summed E-state index contributed by atoms with van der Waals surface area (Å²) in [6, 6.07) is 11.3. The van der Waals surface area contributed by atoms with Crippen molar-refractivity contribution in [2.75, 3.05) is 0 Å². The van der Waals surface area contributed by atoms with Crippen LogP contribution >= 0.6 is 0 Å². The van der Waals surface area contributed by atoms with Crippen molar-refractivity contribution in [3.63, 3.8) is 0 Å². The Balaban J connectivity index is 2.05. The van der Waals surface area contributed by atoms with E-state index in [4.69, 9.17) is 0 Å². The Kier molecular flexibility index (Phi) is 4.37. The smallest absolute Gasteiger partial charge is 0.269 e. The van der Waals surface area contributed by atoms with E-state index in [1.165, 1.54) is 12.1 Å². The quantitative estimate of drug-likeness (QED) is 0.663. The molecule has 6 heteroatoms. The molecule has 20 heavy (non-hydrogen) atoms. The van der Waals surface area contributed by atoms with Gasteiger partial charge in [-0.2, -0.15) is 5.26 Å². The lowest BCUT2D eigenvalue weighted by Gasteiger charge is -2.11. The molecule has 0 aliphatic rings. The minimum Gasteiger partial charge on any atom is -0.294 e. The van der Waals surface area contributed by atoms with Crippen LogP contribution in [0.1, 0.15) is 17.2 Å². The fourth-order valence-corrected chi connectivity index (χ4v) is 1.75. The summed E-state index contributed by atoms with van der Waals surface area (Å²) < 4.78 is 0. The van der Waals surface area contributed by atoms with E-state index in [-0.39, 0.29) is 5.69 Å². The monoisotopic (exact) mass is 268 g/mol. The van der Waals surface area contributed by atoms with Gasteiger partial charge in [-0.1, -0.05) is 0 Å². The van der Waals surface area contributed by atoms with Crippen LogP contribution < -0.4 is 5.32 Å². The van der Waals surface area contributed by atoms with Crippen molar-refractivity contribution >= 4 is 5.69 Å². The zero-order valence-corrected chi connectivity index (χ0v) is 10.6. The number of non-ortho nitro benzene ring substituents is 1. The molecule has 0 bridgehead atoms. The lowest BCUT2D eigenvalue weighted by molar-refractivity contribution is -0.384. The second kappa shape index (κ2) is 6.41. The van der Waals surface area contributed by atoms with Gasteiger partial charge in [0.2, 0.25) is 0 Å². The number of hydrogen-bond donors (Lipinski definition) is 1. The second-order valence-electron chi connectivity index (χ2n) is 4.15. The van der Waals surface area contributed by atoms with Gasteiger partial charge in [0.1, 0.15) is 6.04 Å². The van der Waals surface area contributed by atoms with Gasteiger partial charge in [0, 0.05) is 31.1 Å². The number of nitro groups is 1. The number of nitriles is 1. The molecule has 0 amide bonds. The van der Waals surface area contributed by atoms with Crippen molar-refractivity contribution in [2.24, 2.45) is 0 Å². The molecule has 1 aromatic carbocycles. The van der Waals surface area contributed by atoms with E-state index in [2.05, 4.69) is 16.4 Å². The average molecular weight is 268 g/mol. The SMILES string of the molecule is N#CC(NCc1ccncc1)c1ccc([N+](=O)[O-])cc1. The van der Waals surface area contributed by atoms with Gasteiger partial charge in [0.05, 0.1) is 11.0 Å². The van der Waals surface area contributed by atoms with E-state index in [0.29, 0.717) is 12.1 Å². The molecule has 2 rings (SSSR count). The van der Waals surface area contributed by atoms with Crippen LogP contribution in [0.15, 0.2) is 48.8 Å². The molecular weight excluding hydrogens is 256 g/mol. The molecule has 2 aromatic rings. The van der Waals surface area contributed by atoms with Crippen molar-refractivity contribution in [1.29, 1.82) is 5.26 Å². The van der Waals surface area contributed by atoms with Gasteiger partial charge >= 0.3 is 0 Å². The first-order chi connectivity index (χ1) is 9.70. The van der Waals surface area contributed by atoms with Crippen molar-refractivity contribution in [2.45, 2.75) is 12.6 Å². The highest BCUT2D eigenvalue weighted by Crippen LogP contribution is 2.17. The van der Waals surface area contributed by atoms with Crippen LogP contribution in [-0.2, 0) is 6.54 Å². The molecule has 0 spiro atoms. The van der Waals surface area contributed by atoms with Gasteiger partial charge in [-0.05, 0) is 35.4 Å². The van der Waals surface area contributed by atoms with E-state index in [9.17, 15) is 15.4 Å². The third-order valence-corrected chi connectivity index (χ3v) is 2.83. The number of nitrogens with zero attached hydrogens (tertiary/aromatic N) is 3. The Morgan fingerprint density at radius 1 is 1.25 bits per heavy atom. The van der Waals surface area contributed by atoms with Crippen molar-refractivity contribution < 1.29 is 4.92 Å². The van der Waals surface area contributed by atoms with Crippen LogP contribution in [-0.4, -0.2) is 9.91 Å². The Labute approximate surface area is 115 Å². The molecule has 0 aliphatic heterocycles. The lowest BCUT2D eigenvalue weighted by Crippen LogP contribution is -2.19. The minimum atomic E-state index is -0.510. The van der Waals surface area contributed by atoms with Gasteiger partial charge in [0.15, 0.2) is 0 Å². The van der Waals surface area contributed by atoms with Gasteiger partial charge in [0.25, 0.3) is 5.69 Å². The third kappa shape index (κ3) is 3.37. The zero-order valence-electron chi connectivity index (χ0n) is 10.6. The first-order valence-corrected chi connectivity index (χ1v) is 5.97. The van der Waals surface area contributed by atoms with Gasteiger partial charge < -0.3 is 0 Å². The summed E-state index contributed by atoms with van der Waals surface area (Å²) in [5.74, 6) is 0. The molecule has 0 radical (unpaired) electrons. The van der Waals surface area contributed by atoms with Crippen molar-refractivity contribution in [3.05, 3.63) is 70.0 Å². The van der Waals surface area contributed by atoms with Crippen LogP contribution in [0.25, 0.3) is 0 Å². The van der Waals surface area contributed by atoms with Crippen LogP contribution in [0.3, 0.4) is 0 Å². The first kappa shape index (κ1) is 13.6. The molecular formula is C14H12N4O2. The van der Waals surface area contributed by atoms with Gasteiger partial charge in [-0.15, -0.1) is 0 Å². The molecule has 1 heterocycles. The first-order valence-electron chi connectivity index (χ1n) is 5.97. The summed E-state index contributed by atoms with van der Waals surface area (Å²) in [5.41, 5.74) is 1.73. The van der Waals surface area contributed by atoms with Crippen LogP contribution in [0.5, 0.6) is 0 Å². The van der Waals surface area contributed by atoms with Gasteiger partial charge in [-0.25, -0.2) is 0 Å². The normalized spacial score (nSPS) is 11.6. The number of aromatic nitrogens is 1. The minimum absolute atomic E-state index is 0.0135. The second-order valence-corrected chi connectivity index (χ2v) is 4.15. The summed E-state index contributed by atoms with van der Waals surface area (Å²) >= 11 is 0. The number of hydrogen-bond acceptors (Lipinski definition) is 5. The summed E-state index contributed by atoms with van der Waals surface area (Å²) in [7, 11) is 0. The Morgan fingerprint density at radius 3 is 2.45 bits per heavy atom. The molecule has 100 valence electrons. The zero-order chi connectivity index (χ0) is 14.4. The molecule has 6 nitrogen and oxygen atoms in total. The van der Waals surface area contributed by atoms with E-state index in [0.717, 1.165) is 5.56 Å². The Morgan fingerprint density at radius 2 is 1.90 bits per heavy atom. The molecule has 0 aliphatic carbocycles. The molecule has 0 saturated heterocycles. The van der Waals surface area contributed by atoms with Crippen molar-refractivity contribution in [1.82, 2.24) is 10.3 Å². The van der Waals surface area contributed by atoms with Crippen molar-refractivity contribution in [3.8, 4) is 6.07 Å². The summed E-state index contributed by atoms with van der Waals surface area (Å²) in [6.07, 6.45) is 3.37. The lowest BCUT2D eigenvalue weighted by atomic mass is 10.1. The molecule has 1 aromatic heterocycles. The number of rotatable bonds is 5. The highest BCUT2D eigenvalue weighted by atomic mass is 16.6. The fourth-order valence-electron chi connectivity index (χ4n) is 1.75. The number of pyridine rings is 1. The van der Waals surface area contributed by atoms with Crippen LogP contribution in [0, 0.1) is 21.4 Å². The maximum Gasteiger partial charge on any atom is 0.269 e. The van der Waals surface area contributed by atoms with Gasteiger partial charge in [-0.3, -0.25) is 20.4 Å². The van der Waals surface area contributed by atoms with Crippen LogP contribution in [0.4, 0.5) is 5.69 Å². The largest absolute Gasteiger partial charge is 0.294 e. The van der Waals surface area contributed by atoms with Crippen LogP contribution in [0.2, 0.25) is 0 Å². The predicted octanol–water partition coefficient (Wildman–Crippen LogP) is 2.34. The molecule has 0 fully saturated rings. The number of nitro benzene ring substituents is 1. The average Bonchev–Trinajstić information content (AvgIpc) is 2.49. The summed E-state index contributed by atoms with van der Waals surface area (Å²) in [4.78, 5) is 14.0. The highest BCUT2D eigenvalue weighted by molar-refractivity contribution is 5.35.